The van der Waals surface area contributed by atoms with Crippen LogP contribution in [0.4, 0.5) is 0 Å². The Hall–Kier alpha value is -0.710. The first-order chi connectivity index (χ1) is 11.8. The van der Waals surface area contributed by atoms with E-state index in [2.05, 4.69) is 4.72 Å². The van der Waals surface area contributed by atoms with Gasteiger partial charge in [-0.15, -0.1) is 12.4 Å². The SMILES string of the molecule is CCN(CC)S(=O)(=O)c1cccc(S(=O)(=O)NC2CCCC2CN)c1.Cl. The summed E-state index contributed by atoms with van der Waals surface area (Å²) in [5, 5.41) is 0. The maximum atomic E-state index is 12.7. The predicted molar refractivity (Wildman–Crippen MR) is 104 cm³/mol. The molecule has 0 bridgehead atoms. The largest absolute Gasteiger partial charge is 0.330 e. The highest BCUT2D eigenvalue weighted by Crippen LogP contribution is 2.27. The summed E-state index contributed by atoms with van der Waals surface area (Å²) in [6, 6.07) is 5.32. The maximum absolute atomic E-state index is 12.7. The molecule has 1 aliphatic rings. The van der Waals surface area contributed by atoms with Crippen LogP contribution in [0.2, 0.25) is 0 Å². The number of hydrogen-bond donors (Lipinski definition) is 2. The Bertz CT molecular complexity index is 795. The Morgan fingerprint density at radius 3 is 2.31 bits per heavy atom. The van der Waals surface area contributed by atoms with E-state index in [4.69, 9.17) is 5.73 Å². The van der Waals surface area contributed by atoms with E-state index in [0.29, 0.717) is 19.6 Å². The van der Waals surface area contributed by atoms with Crippen LogP contribution >= 0.6 is 12.4 Å². The third kappa shape index (κ3) is 4.96. The average molecular weight is 426 g/mol. The van der Waals surface area contributed by atoms with Crippen molar-refractivity contribution in [2.75, 3.05) is 19.6 Å². The van der Waals surface area contributed by atoms with Gasteiger partial charge in [-0.3, -0.25) is 0 Å². The van der Waals surface area contributed by atoms with Crippen molar-refractivity contribution >= 4 is 32.5 Å². The van der Waals surface area contributed by atoms with E-state index in [1.165, 1.54) is 28.6 Å². The van der Waals surface area contributed by atoms with Crippen LogP contribution in [-0.4, -0.2) is 46.8 Å². The number of halogens is 1. The fourth-order valence-corrected chi connectivity index (χ4v) is 6.22. The van der Waals surface area contributed by atoms with Gasteiger partial charge in [0.15, 0.2) is 0 Å². The molecule has 0 heterocycles. The zero-order valence-electron chi connectivity index (χ0n) is 15.1. The fraction of sp³-hybridized carbons (Fsp3) is 0.625. The third-order valence-corrected chi connectivity index (χ3v) is 8.26. The summed E-state index contributed by atoms with van der Waals surface area (Å²) in [6.07, 6.45) is 2.59. The lowest BCUT2D eigenvalue weighted by Crippen LogP contribution is -2.39. The minimum atomic E-state index is -3.80. The van der Waals surface area contributed by atoms with Crippen molar-refractivity contribution < 1.29 is 16.8 Å². The molecule has 1 aliphatic carbocycles. The van der Waals surface area contributed by atoms with Gasteiger partial charge in [-0.2, -0.15) is 4.31 Å². The molecule has 1 aromatic rings. The van der Waals surface area contributed by atoms with E-state index in [9.17, 15) is 16.8 Å². The van der Waals surface area contributed by atoms with Crippen LogP contribution in [0.5, 0.6) is 0 Å². The van der Waals surface area contributed by atoms with Crippen LogP contribution in [0.3, 0.4) is 0 Å². The normalized spacial score (nSPS) is 20.9. The molecule has 1 aromatic carbocycles. The smallest absolute Gasteiger partial charge is 0.243 e. The molecule has 2 rings (SSSR count). The second-order valence-electron chi connectivity index (χ2n) is 6.22. The van der Waals surface area contributed by atoms with Gasteiger partial charge in [0, 0.05) is 19.1 Å². The molecular weight excluding hydrogens is 398 g/mol. The highest BCUT2D eigenvalue weighted by molar-refractivity contribution is 7.90. The van der Waals surface area contributed by atoms with Gasteiger partial charge in [0.2, 0.25) is 20.0 Å². The molecule has 0 amide bonds. The van der Waals surface area contributed by atoms with Gasteiger partial charge in [-0.05, 0) is 43.5 Å². The van der Waals surface area contributed by atoms with Gasteiger partial charge in [0.25, 0.3) is 0 Å². The van der Waals surface area contributed by atoms with Crippen LogP contribution in [0.15, 0.2) is 34.1 Å². The lowest BCUT2D eigenvalue weighted by Gasteiger charge is -2.21. The van der Waals surface area contributed by atoms with E-state index in [1.807, 2.05) is 0 Å². The van der Waals surface area contributed by atoms with Crippen molar-refractivity contribution in [2.45, 2.75) is 48.9 Å². The summed E-state index contributed by atoms with van der Waals surface area (Å²) in [4.78, 5) is -0.0516. The summed E-state index contributed by atoms with van der Waals surface area (Å²) in [5.41, 5.74) is 5.71. The highest BCUT2D eigenvalue weighted by atomic mass is 35.5. The van der Waals surface area contributed by atoms with Crippen LogP contribution in [0, 0.1) is 5.92 Å². The zero-order chi connectivity index (χ0) is 18.7. The Balaban J connectivity index is 0.00000338. The van der Waals surface area contributed by atoms with Crippen molar-refractivity contribution in [3.05, 3.63) is 24.3 Å². The first-order valence-electron chi connectivity index (χ1n) is 8.58. The molecule has 1 saturated carbocycles. The molecule has 150 valence electrons. The second-order valence-corrected chi connectivity index (χ2v) is 9.87. The molecule has 0 radical (unpaired) electrons. The lowest BCUT2D eigenvalue weighted by atomic mass is 10.1. The molecule has 0 aliphatic heterocycles. The van der Waals surface area contributed by atoms with Gasteiger partial charge in [-0.25, -0.2) is 21.6 Å². The molecule has 2 unspecified atom stereocenters. The van der Waals surface area contributed by atoms with Gasteiger partial charge in [-0.1, -0.05) is 26.3 Å². The Labute approximate surface area is 162 Å². The molecule has 0 spiro atoms. The average Bonchev–Trinajstić information content (AvgIpc) is 3.02. The fourth-order valence-electron chi connectivity index (χ4n) is 3.26. The van der Waals surface area contributed by atoms with Crippen molar-refractivity contribution in [3.8, 4) is 0 Å². The van der Waals surface area contributed by atoms with Crippen molar-refractivity contribution in [2.24, 2.45) is 11.7 Å². The van der Waals surface area contributed by atoms with Crippen molar-refractivity contribution in [1.29, 1.82) is 0 Å². The van der Waals surface area contributed by atoms with Crippen LogP contribution in [0.1, 0.15) is 33.1 Å². The molecule has 7 nitrogen and oxygen atoms in total. The number of nitrogens with two attached hydrogens (primary N) is 1. The Morgan fingerprint density at radius 1 is 1.12 bits per heavy atom. The minimum absolute atomic E-state index is 0. The minimum Gasteiger partial charge on any atom is -0.330 e. The van der Waals surface area contributed by atoms with E-state index >= 15 is 0 Å². The molecule has 1 fully saturated rings. The topological polar surface area (TPSA) is 110 Å². The molecule has 26 heavy (non-hydrogen) atoms. The first-order valence-corrected chi connectivity index (χ1v) is 11.5. The number of rotatable bonds is 8. The standard InChI is InChI=1S/C16H27N3O4S2.ClH/c1-3-19(4-2)25(22,23)15-9-6-8-14(11-15)24(20,21)18-16-10-5-7-13(16)12-17;/h6,8-9,11,13,16,18H,3-5,7,10,12,17H2,1-2H3;1H. The quantitative estimate of drug-likeness (QED) is 0.656. The zero-order valence-corrected chi connectivity index (χ0v) is 17.5. The predicted octanol–water partition coefficient (Wildman–Crippen LogP) is 1.54. The van der Waals surface area contributed by atoms with Gasteiger partial charge < -0.3 is 5.73 Å². The summed E-state index contributed by atoms with van der Waals surface area (Å²) in [5.74, 6) is 0.123. The highest BCUT2D eigenvalue weighted by Gasteiger charge is 2.31. The van der Waals surface area contributed by atoms with Crippen LogP contribution in [0.25, 0.3) is 0 Å². The number of benzene rings is 1. The van der Waals surface area contributed by atoms with Gasteiger partial charge in [0.1, 0.15) is 0 Å². The summed E-state index contributed by atoms with van der Waals surface area (Å²) in [7, 11) is -7.50. The molecule has 0 aromatic heterocycles. The summed E-state index contributed by atoms with van der Waals surface area (Å²) < 4.78 is 54.6. The molecule has 2 atom stereocenters. The first kappa shape index (κ1) is 23.3. The third-order valence-electron chi connectivity index (χ3n) is 4.73. The van der Waals surface area contributed by atoms with Crippen molar-refractivity contribution in [1.82, 2.24) is 9.03 Å². The Kier molecular flexibility index (Phi) is 8.50. The van der Waals surface area contributed by atoms with E-state index < -0.39 is 20.0 Å². The molecular formula is C16H28ClN3O4S2. The summed E-state index contributed by atoms with van der Waals surface area (Å²) >= 11 is 0. The second kappa shape index (κ2) is 9.48. The molecule has 3 N–H and O–H groups in total. The lowest BCUT2D eigenvalue weighted by molar-refractivity contribution is 0.445. The molecule has 10 heteroatoms. The monoisotopic (exact) mass is 425 g/mol. The van der Waals surface area contributed by atoms with Crippen LogP contribution < -0.4 is 10.5 Å². The number of nitrogens with zero attached hydrogens (tertiary/aromatic N) is 1. The van der Waals surface area contributed by atoms with Gasteiger partial charge in [0.05, 0.1) is 9.79 Å². The maximum Gasteiger partial charge on any atom is 0.243 e. The Morgan fingerprint density at radius 2 is 1.73 bits per heavy atom. The number of sulfonamides is 2. The van der Waals surface area contributed by atoms with Crippen LogP contribution in [-0.2, 0) is 20.0 Å². The van der Waals surface area contributed by atoms with Crippen molar-refractivity contribution in [3.63, 3.8) is 0 Å². The van der Waals surface area contributed by atoms with Gasteiger partial charge >= 0.3 is 0 Å². The number of nitrogens with one attached hydrogen (secondary N) is 1. The van der Waals surface area contributed by atoms with E-state index in [1.54, 1.807) is 13.8 Å². The summed E-state index contributed by atoms with van der Waals surface area (Å²) in [6.45, 7) is 4.58. The molecule has 0 saturated heterocycles. The van der Waals surface area contributed by atoms with E-state index in [-0.39, 0.29) is 34.2 Å². The number of hydrogen-bond acceptors (Lipinski definition) is 5. The van der Waals surface area contributed by atoms with E-state index in [0.717, 1.165) is 19.3 Å².